The summed E-state index contributed by atoms with van der Waals surface area (Å²) in [6, 6.07) is 12.9. The molecule has 0 radical (unpaired) electrons. The van der Waals surface area contributed by atoms with Gasteiger partial charge < -0.3 is 9.84 Å². The maximum Gasteiger partial charge on any atom is 0.254 e. The molecule has 0 aliphatic carbocycles. The highest BCUT2D eigenvalue weighted by Gasteiger charge is 2.20. The molecule has 1 atom stereocenters. The van der Waals surface area contributed by atoms with Gasteiger partial charge in [-0.05, 0) is 31.5 Å². The second-order valence-electron chi connectivity index (χ2n) is 5.45. The van der Waals surface area contributed by atoms with Crippen LogP contribution in [0.3, 0.4) is 0 Å². The fourth-order valence-electron chi connectivity index (χ4n) is 2.33. The Labute approximate surface area is 138 Å². The van der Waals surface area contributed by atoms with Crippen molar-refractivity contribution < 1.29 is 13.7 Å². The van der Waals surface area contributed by atoms with Crippen molar-refractivity contribution in [3.8, 4) is 11.4 Å². The summed E-state index contributed by atoms with van der Waals surface area (Å²) in [5, 5.41) is 6.61. The van der Waals surface area contributed by atoms with Crippen LogP contribution < -0.4 is 5.32 Å². The summed E-state index contributed by atoms with van der Waals surface area (Å²) in [5.41, 5.74) is 1.86. The number of hydrogen-bond acceptors (Lipinski definition) is 4. The van der Waals surface area contributed by atoms with E-state index in [0.29, 0.717) is 5.82 Å². The molecule has 3 rings (SSSR count). The predicted octanol–water partition coefficient (Wildman–Crippen LogP) is 3.68. The van der Waals surface area contributed by atoms with Gasteiger partial charge in [-0.25, -0.2) is 4.39 Å². The van der Waals surface area contributed by atoms with Crippen LogP contribution in [0.25, 0.3) is 11.4 Å². The van der Waals surface area contributed by atoms with Crippen LogP contribution in [-0.4, -0.2) is 16.0 Å². The van der Waals surface area contributed by atoms with Gasteiger partial charge in [0.25, 0.3) is 5.91 Å². The summed E-state index contributed by atoms with van der Waals surface area (Å²) in [6.07, 6.45) is 0. The molecule has 1 unspecified atom stereocenters. The fourth-order valence-corrected chi connectivity index (χ4v) is 2.33. The Kier molecular flexibility index (Phi) is 4.37. The minimum Gasteiger partial charge on any atom is -0.340 e. The van der Waals surface area contributed by atoms with Crippen LogP contribution in [-0.2, 0) is 0 Å². The van der Waals surface area contributed by atoms with Crippen molar-refractivity contribution in [1.29, 1.82) is 0 Å². The zero-order valence-corrected chi connectivity index (χ0v) is 13.3. The number of rotatable bonds is 4. The number of amides is 1. The molecule has 0 fully saturated rings. The number of nitrogens with one attached hydrogen (secondary N) is 1. The summed E-state index contributed by atoms with van der Waals surface area (Å²) < 4.78 is 18.9. The fraction of sp³-hybridized carbons (Fsp3) is 0.167. The molecule has 2 aromatic carbocycles. The van der Waals surface area contributed by atoms with Gasteiger partial charge in [0.15, 0.2) is 0 Å². The van der Waals surface area contributed by atoms with E-state index in [1.165, 1.54) is 18.2 Å². The zero-order chi connectivity index (χ0) is 17.1. The van der Waals surface area contributed by atoms with Gasteiger partial charge in [0, 0.05) is 5.56 Å². The summed E-state index contributed by atoms with van der Waals surface area (Å²) in [4.78, 5) is 16.5. The standard InChI is InChI=1S/C18H16FN3O2/c1-11-7-3-4-8-13(11)16-21-18(24-22-16)12(2)20-17(23)14-9-5-6-10-15(14)19/h3-10,12H,1-2H3,(H,20,23). The van der Waals surface area contributed by atoms with Crippen molar-refractivity contribution >= 4 is 5.91 Å². The number of aryl methyl sites for hydroxylation is 1. The summed E-state index contributed by atoms with van der Waals surface area (Å²) in [6.45, 7) is 3.66. The Hall–Kier alpha value is -3.02. The number of nitrogens with zero attached hydrogens (tertiary/aromatic N) is 2. The van der Waals surface area contributed by atoms with Gasteiger partial charge in [-0.2, -0.15) is 4.98 Å². The van der Waals surface area contributed by atoms with Crippen LogP contribution in [0.1, 0.15) is 34.8 Å². The van der Waals surface area contributed by atoms with Crippen LogP contribution in [0.5, 0.6) is 0 Å². The second-order valence-corrected chi connectivity index (χ2v) is 5.45. The first-order valence-corrected chi connectivity index (χ1v) is 7.51. The van der Waals surface area contributed by atoms with Gasteiger partial charge >= 0.3 is 0 Å². The van der Waals surface area contributed by atoms with E-state index < -0.39 is 17.8 Å². The van der Waals surface area contributed by atoms with E-state index in [1.807, 2.05) is 31.2 Å². The van der Waals surface area contributed by atoms with Gasteiger partial charge in [0.1, 0.15) is 11.9 Å². The number of halogens is 1. The van der Waals surface area contributed by atoms with E-state index in [2.05, 4.69) is 15.5 Å². The molecule has 6 heteroatoms. The average Bonchev–Trinajstić information content (AvgIpc) is 3.05. The molecule has 0 aliphatic rings. The van der Waals surface area contributed by atoms with Crippen molar-refractivity contribution in [3.05, 3.63) is 71.4 Å². The third-order valence-corrected chi connectivity index (χ3v) is 3.66. The molecule has 1 heterocycles. The number of aromatic nitrogens is 2. The molecule has 1 aromatic heterocycles. The van der Waals surface area contributed by atoms with Crippen molar-refractivity contribution in [2.45, 2.75) is 19.9 Å². The number of carbonyl (C=O) groups excluding carboxylic acids is 1. The number of benzene rings is 2. The third-order valence-electron chi connectivity index (χ3n) is 3.66. The van der Waals surface area contributed by atoms with Crippen LogP contribution in [0.2, 0.25) is 0 Å². The Morgan fingerprint density at radius 1 is 1.17 bits per heavy atom. The maximum absolute atomic E-state index is 13.7. The quantitative estimate of drug-likeness (QED) is 0.794. The lowest BCUT2D eigenvalue weighted by Crippen LogP contribution is -2.27. The van der Waals surface area contributed by atoms with Gasteiger partial charge in [-0.15, -0.1) is 0 Å². The molecule has 1 N–H and O–H groups in total. The molecule has 24 heavy (non-hydrogen) atoms. The van der Waals surface area contributed by atoms with Gasteiger partial charge in [-0.1, -0.05) is 41.6 Å². The first kappa shape index (κ1) is 15.9. The van der Waals surface area contributed by atoms with E-state index in [0.717, 1.165) is 11.1 Å². The minimum atomic E-state index is -0.576. The third kappa shape index (κ3) is 3.17. The van der Waals surface area contributed by atoms with Crippen LogP contribution in [0.4, 0.5) is 4.39 Å². The van der Waals surface area contributed by atoms with E-state index in [4.69, 9.17) is 4.52 Å². The SMILES string of the molecule is Cc1ccccc1-c1noc(C(C)NC(=O)c2ccccc2F)n1. The zero-order valence-electron chi connectivity index (χ0n) is 13.3. The van der Waals surface area contributed by atoms with Gasteiger partial charge in [0.2, 0.25) is 11.7 Å². The average molecular weight is 325 g/mol. The highest BCUT2D eigenvalue weighted by molar-refractivity contribution is 5.94. The first-order valence-electron chi connectivity index (χ1n) is 7.51. The Morgan fingerprint density at radius 2 is 1.88 bits per heavy atom. The minimum absolute atomic E-state index is 0.0250. The largest absolute Gasteiger partial charge is 0.340 e. The molecule has 5 nitrogen and oxygen atoms in total. The normalized spacial score (nSPS) is 12.0. The lowest BCUT2D eigenvalue weighted by molar-refractivity contribution is 0.0928. The van der Waals surface area contributed by atoms with Crippen LogP contribution >= 0.6 is 0 Å². The topological polar surface area (TPSA) is 68.0 Å². The summed E-state index contributed by atoms with van der Waals surface area (Å²) in [7, 11) is 0. The van der Waals surface area contributed by atoms with E-state index in [9.17, 15) is 9.18 Å². The van der Waals surface area contributed by atoms with E-state index >= 15 is 0 Å². The second kappa shape index (κ2) is 6.62. The lowest BCUT2D eigenvalue weighted by atomic mass is 10.1. The van der Waals surface area contributed by atoms with Crippen molar-refractivity contribution in [2.24, 2.45) is 0 Å². The molecule has 0 spiro atoms. The maximum atomic E-state index is 13.7. The summed E-state index contributed by atoms with van der Waals surface area (Å²) in [5.74, 6) is -0.391. The molecular formula is C18H16FN3O2. The molecular weight excluding hydrogens is 309 g/mol. The van der Waals surface area contributed by atoms with Gasteiger partial charge in [-0.3, -0.25) is 4.79 Å². The molecule has 0 saturated heterocycles. The van der Waals surface area contributed by atoms with Gasteiger partial charge in [0.05, 0.1) is 5.56 Å². The van der Waals surface area contributed by atoms with Crippen LogP contribution in [0.15, 0.2) is 53.1 Å². The Bertz CT molecular complexity index is 876. The van der Waals surface area contributed by atoms with Crippen molar-refractivity contribution in [3.63, 3.8) is 0 Å². The van der Waals surface area contributed by atoms with E-state index in [-0.39, 0.29) is 11.5 Å². The first-order chi connectivity index (χ1) is 11.6. The molecule has 122 valence electrons. The summed E-state index contributed by atoms with van der Waals surface area (Å²) >= 11 is 0. The highest BCUT2D eigenvalue weighted by atomic mass is 19.1. The molecule has 3 aromatic rings. The molecule has 0 saturated carbocycles. The van der Waals surface area contributed by atoms with Crippen LogP contribution in [0, 0.1) is 12.7 Å². The Morgan fingerprint density at radius 3 is 2.62 bits per heavy atom. The molecule has 1 amide bonds. The molecule has 0 aliphatic heterocycles. The highest BCUT2D eigenvalue weighted by Crippen LogP contribution is 2.22. The number of carbonyl (C=O) groups is 1. The monoisotopic (exact) mass is 325 g/mol. The van der Waals surface area contributed by atoms with Crippen molar-refractivity contribution in [1.82, 2.24) is 15.5 Å². The van der Waals surface area contributed by atoms with Crippen molar-refractivity contribution in [2.75, 3.05) is 0 Å². The Balaban J connectivity index is 1.77. The molecule has 0 bridgehead atoms. The van der Waals surface area contributed by atoms with E-state index in [1.54, 1.807) is 13.0 Å². The lowest BCUT2D eigenvalue weighted by Gasteiger charge is -2.10. The predicted molar refractivity (Wildman–Crippen MR) is 86.8 cm³/mol. The smallest absolute Gasteiger partial charge is 0.254 e. The number of hydrogen-bond donors (Lipinski definition) is 1.